The molecule has 6 heteroatoms. The van der Waals surface area contributed by atoms with Crippen molar-refractivity contribution >= 4 is 21.5 Å². The fourth-order valence-electron chi connectivity index (χ4n) is 2.44. The minimum Gasteiger partial charge on any atom is -0.478 e. The standard InChI is InChI=1S/C13H17NO4S/c1-9-7-10(3-4-11(9)12(15)16)14-13(2)5-6-19(17,18)8-13/h3-4,7,14H,5-6,8H2,1-2H3,(H,15,16). The lowest BCUT2D eigenvalue weighted by Crippen LogP contribution is -2.35. The lowest BCUT2D eigenvalue weighted by molar-refractivity contribution is 0.0696. The summed E-state index contributed by atoms with van der Waals surface area (Å²) in [5.41, 5.74) is 1.19. The van der Waals surface area contributed by atoms with Crippen LogP contribution in [-0.4, -0.2) is 36.5 Å². The Hall–Kier alpha value is -1.56. The highest BCUT2D eigenvalue weighted by Crippen LogP contribution is 2.28. The molecule has 1 fully saturated rings. The Morgan fingerprint density at radius 2 is 2.11 bits per heavy atom. The fraction of sp³-hybridized carbons (Fsp3) is 0.462. The average Bonchev–Trinajstić information content (AvgIpc) is 2.52. The summed E-state index contributed by atoms with van der Waals surface area (Å²) in [6.45, 7) is 3.60. The summed E-state index contributed by atoms with van der Waals surface area (Å²) in [7, 11) is -2.96. The molecule has 19 heavy (non-hydrogen) atoms. The van der Waals surface area contributed by atoms with Gasteiger partial charge in [-0.15, -0.1) is 0 Å². The molecule has 5 nitrogen and oxygen atoms in total. The van der Waals surface area contributed by atoms with Crippen LogP contribution in [0.15, 0.2) is 18.2 Å². The highest BCUT2D eigenvalue weighted by molar-refractivity contribution is 7.91. The number of rotatable bonds is 3. The van der Waals surface area contributed by atoms with Crippen LogP contribution in [0.3, 0.4) is 0 Å². The number of carboxylic acid groups (broad SMARTS) is 1. The molecule has 1 heterocycles. The zero-order chi connectivity index (χ0) is 14.3. The lowest BCUT2D eigenvalue weighted by Gasteiger charge is -2.25. The van der Waals surface area contributed by atoms with E-state index in [2.05, 4.69) is 5.32 Å². The van der Waals surface area contributed by atoms with E-state index in [0.29, 0.717) is 12.0 Å². The van der Waals surface area contributed by atoms with Crippen molar-refractivity contribution in [2.45, 2.75) is 25.8 Å². The summed E-state index contributed by atoms with van der Waals surface area (Å²) >= 11 is 0. The van der Waals surface area contributed by atoms with E-state index in [0.717, 1.165) is 5.69 Å². The van der Waals surface area contributed by atoms with Crippen LogP contribution >= 0.6 is 0 Å². The molecule has 1 saturated heterocycles. The van der Waals surface area contributed by atoms with Gasteiger partial charge < -0.3 is 10.4 Å². The molecule has 2 N–H and O–H groups in total. The maximum Gasteiger partial charge on any atom is 0.335 e. The van der Waals surface area contributed by atoms with Crippen molar-refractivity contribution in [2.75, 3.05) is 16.8 Å². The van der Waals surface area contributed by atoms with Crippen molar-refractivity contribution in [3.8, 4) is 0 Å². The van der Waals surface area contributed by atoms with Crippen molar-refractivity contribution in [1.29, 1.82) is 0 Å². The third-order valence-corrected chi connectivity index (χ3v) is 5.31. The van der Waals surface area contributed by atoms with E-state index in [1.807, 2.05) is 6.92 Å². The smallest absolute Gasteiger partial charge is 0.335 e. The summed E-state index contributed by atoms with van der Waals surface area (Å²) in [5, 5.41) is 12.2. The number of anilines is 1. The van der Waals surface area contributed by atoms with E-state index in [4.69, 9.17) is 5.11 Å². The second-order valence-electron chi connectivity index (χ2n) is 5.36. The van der Waals surface area contributed by atoms with Crippen LogP contribution in [0.25, 0.3) is 0 Å². The van der Waals surface area contributed by atoms with Crippen molar-refractivity contribution in [2.24, 2.45) is 0 Å². The first kappa shape index (κ1) is 13.9. The Morgan fingerprint density at radius 1 is 1.42 bits per heavy atom. The molecular weight excluding hydrogens is 266 g/mol. The van der Waals surface area contributed by atoms with Gasteiger partial charge in [0.2, 0.25) is 0 Å². The predicted molar refractivity (Wildman–Crippen MR) is 73.4 cm³/mol. The van der Waals surface area contributed by atoms with E-state index in [1.54, 1.807) is 19.1 Å². The van der Waals surface area contributed by atoms with Gasteiger partial charge in [0.1, 0.15) is 0 Å². The number of aromatic carboxylic acids is 1. The number of carbonyl (C=O) groups is 1. The third kappa shape index (κ3) is 3.07. The Labute approximate surface area is 112 Å². The Balaban J connectivity index is 2.21. The van der Waals surface area contributed by atoms with E-state index in [-0.39, 0.29) is 17.1 Å². The van der Waals surface area contributed by atoms with E-state index < -0.39 is 21.3 Å². The second-order valence-corrected chi connectivity index (χ2v) is 7.55. The Bertz CT molecular complexity index is 624. The molecular formula is C13H17NO4S. The fourth-order valence-corrected chi connectivity index (χ4v) is 4.53. The van der Waals surface area contributed by atoms with Gasteiger partial charge in [0, 0.05) is 11.2 Å². The van der Waals surface area contributed by atoms with Crippen LogP contribution in [0.2, 0.25) is 0 Å². The van der Waals surface area contributed by atoms with E-state index >= 15 is 0 Å². The van der Waals surface area contributed by atoms with Crippen LogP contribution in [0.5, 0.6) is 0 Å². The Morgan fingerprint density at radius 3 is 2.58 bits per heavy atom. The molecule has 104 valence electrons. The summed E-state index contributed by atoms with van der Waals surface area (Å²) in [5.74, 6) is -0.652. The van der Waals surface area contributed by atoms with Gasteiger partial charge >= 0.3 is 5.97 Å². The van der Waals surface area contributed by atoms with Crippen LogP contribution in [-0.2, 0) is 9.84 Å². The van der Waals surface area contributed by atoms with Gasteiger partial charge in [-0.1, -0.05) is 0 Å². The minimum atomic E-state index is -2.96. The summed E-state index contributed by atoms with van der Waals surface area (Å²) in [6.07, 6.45) is 0.565. The molecule has 1 aromatic carbocycles. The first-order valence-electron chi connectivity index (χ1n) is 6.03. The number of hydrogen-bond acceptors (Lipinski definition) is 4. The molecule has 0 saturated carbocycles. The van der Waals surface area contributed by atoms with Crippen molar-refractivity contribution in [3.05, 3.63) is 29.3 Å². The van der Waals surface area contributed by atoms with Gasteiger partial charge in [-0.3, -0.25) is 0 Å². The first-order chi connectivity index (χ1) is 8.71. The third-order valence-electron chi connectivity index (χ3n) is 3.41. The number of nitrogens with one attached hydrogen (secondary N) is 1. The molecule has 0 amide bonds. The second kappa shape index (κ2) is 4.52. The molecule has 0 aromatic heterocycles. The molecule has 1 aliphatic heterocycles. The average molecular weight is 283 g/mol. The molecule has 0 bridgehead atoms. The molecule has 0 aliphatic carbocycles. The van der Waals surface area contributed by atoms with Crippen LogP contribution in [0.1, 0.15) is 29.3 Å². The molecule has 0 radical (unpaired) electrons. The maximum atomic E-state index is 11.5. The number of benzene rings is 1. The van der Waals surface area contributed by atoms with Gasteiger partial charge in [0.05, 0.1) is 17.1 Å². The summed E-state index contributed by atoms with van der Waals surface area (Å²) in [4.78, 5) is 10.9. The molecule has 0 spiro atoms. The van der Waals surface area contributed by atoms with Gasteiger partial charge in [-0.2, -0.15) is 0 Å². The van der Waals surface area contributed by atoms with Crippen molar-refractivity contribution in [3.63, 3.8) is 0 Å². The number of aryl methyl sites for hydroxylation is 1. The van der Waals surface area contributed by atoms with Gasteiger partial charge in [0.15, 0.2) is 9.84 Å². The van der Waals surface area contributed by atoms with Crippen molar-refractivity contribution in [1.82, 2.24) is 0 Å². The highest BCUT2D eigenvalue weighted by atomic mass is 32.2. The molecule has 1 atom stereocenters. The number of carboxylic acids is 1. The van der Waals surface area contributed by atoms with Crippen molar-refractivity contribution < 1.29 is 18.3 Å². The topological polar surface area (TPSA) is 83.5 Å². The summed E-state index contributed by atoms with van der Waals surface area (Å²) < 4.78 is 23.1. The SMILES string of the molecule is Cc1cc(NC2(C)CCS(=O)(=O)C2)ccc1C(=O)O. The largest absolute Gasteiger partial charge is 0.478 e. The molecule has 2 rings (SSSR count). The number of hydrogen-bond donors (Lipinski definition) is 2. The Kier molecular flexibility index (Phi) is 3.30. The monoisotopic (exact) mass is 283 g/mol. The van der Waals surface area contributed by atoms with E-state index in [1.165, 1.54) is 6.07 Å². The van der Waals surface area contributed by atoms with Crippen LogP contribution in [0, 0.1) is 6.92 Å². The zero-order valence-corrected chi connectivity index (χ0v) is 11.8. The number of sulfone groups is 1. The van der Waals surface area contributed by atoms with E-state index in [9.17, 15) is 13.2 Å². The zero-order valence-electron chi connectivity index (χ0n) is 10.9. The van der Waals surface area contributed by atoms with Gasteiger partial charge in [0.25, 0.3) is 0 Å². The molecule has 1 unspecified atom stereocenters. The lowest BCUT2D eigenvalue weighted by atomic mass is 10.0. The minimum absolute atomic E-state index is 0.111. The van der Waals surface area contributed by atoms with Gasteiger partial charge in [-0.25, -0.2) is 13.2 Å². The quantitative estimate of drug-likeness (QED) is 0.882. The van der Waals surface area contributed by atoms with Crippen LogP contribution < -0.4 is 5.32 Å². The normalized spacial score (nSPS) is 25.2. The predicted octanol–water partition coefficient (Wildman–Crippen LogP) is 1.68. The van der Waals surface area contributed by atoms with Crippen LogP contribution in [0.4, 0.5) is 5.69 Å². The van der Waals surface area contributed by atoms with Gasteiger partial charge in [-0.05, 0) is 44.0 Å². The summed E-state index contributed by atoms with van der Waals surface area (Å²) in [6, 6.07) is 4.94. The molecule has 1 aliphatic rings. The maximum absolute atomic E-state index is 11.5. The highest BCUT2D eigenvalue weighted by Gasteiger charge is 2.38. The molecule has 1 aromatic rings. The first-order valence-corrected chi connectivity index (χ1v) is 7.85.